The first-order valence-electron chi connectivity index (χ1n) is 12.6. The van der Waals surface area contributed by atoms with Crippen LogP contribution in [0, 0.1) is 13.8 Å². The summed E-state index contributed by atoms with van der Waals surface area (Å²) in [6.07, 6.45) is 0. The van der Waals surface area contributed by atoms with Gasteiger partial charge in [0, 0.05) is 21.7 Å². The molecule has 1 aromatic heterocycles. The summed E-state index contributed by atoms with van der Waals surface area (Å²) in [5.41, 5.74) is 5.44. The summed E-state index contributed by atoms with van der Waals surface area (Å²) in [6.45, 7) is 3.92. The lowest BCUT2D eigenvalue weighted by Crippen LogP contribution is -2.31. The van der Waals surface area contributed by atoms with E-state index < -0.39 is 16.0 Å². The Bertz CT molecular complexity index is 1810. The predicted molar refractivity (Wildman–Crippen MR) is 159 cm³/mol. The van der Waals surface area contributed by atoms with Crippen LogP contribution < -0.4 is 4.31 Å². The summed E-state index contributed by atoms with van der Waals surface area (Å²) in [5, 5.41) is 1.08. The molecule has 0 saturated heterocycles. The number of benzene rings is 4. The highest BCUT2D eigenvalue weighted by Crippen LogP contribution is 2.42. The summed E-state index contributed by atoms with van der Waals surface area (Å²) in [5.74, 6) is -0.544. The van der Waals surface area contributed by atoms with Crippen molar-refractivity contribution in [2.45, 2.75) is 25.3 Å². The second-order valence-electron chi connectivity index (χ2n) is 9.46. The van der Waals surface area contributed by atoms with Crippen molar-refractivity contribution < 1.29 is 17.9 Å². The predicted octanol–water partition coefficient (Wildman–Crippen LogP) is 7.35. The number of aromatic nitrogens is 1. The Labute approximate surface area is 238 Å². The molecular formula is C32H27ClN2O4S. The Morgan fingerprint density at radius 1 is 0.900 bits per heavy atom. The second kappa shape index (κ2) is 11.1. The molecular weight excluding hydrogens is 544 g/mol. The molecule has 0 aliphatic carbocycles. The van der Waals surface area contributed by atoms with Crippen molar-refractivity contribution in [1.82, 2.24) is 4.98 Å². The van der Waals surface area contributed by atoms with Gasteiger partial charge in [0.2, 0.25) is 0 Å². The summed E-state index contributed by atoms with van der Waals surface area (Å²) in [4.78, 5) is 16.9. The van der Waals surface area contributed by atoms with Gasteiger partial charge in [-0.25, -0.2) is 13.2 Å². The number of aryl methyl sites for hydroxylation is 2. The van der Waals surface area contributed by atoms with Gasteiger partial charge in [-0.15, -0.1) is 0 Å². The monoisotopic (exact) mass is 570 g/mol. The fourth-order valence-electron chi connectivity index (χ4n) is 4.70. The van der Waals surface area contributed by atoms with Crippen LogP contribution in [0.5, 0.6) is 0 Å². The van der Waals surface area contributed by atoms with Crippen molar-refractivity contribution >= 4 is 44.2 Å². The quantitative estimate of drug-likeness (QED) is 0.191. The minimum atomic E-state index is -4.15. The highest BCUT2D eigenvalue weighted by atomic mass is 35.5. The maximum atomic E-state index is 14.5. The first-order chi connectivity index (χ1) is 19.2. The minimum absolute atomic E-state index is 0.0379. The fraction of sp³-hybridized carbons (Fsp3) is 0.125. The van der Waals surface area contributed by atoms with E-state index in [1.165, 1.54) is 35.7 Å². The van der Waals surface area contributed by atoms with Gasteiger partial charge in [0.05, 0.1) is 35.3 Å². The van der Waals surface area contributed by atoms with Gasteiger partial charge in [0.1, 0.15) is 0 Å². The number of esters is 1. The number of carbonyl (C=O) groups excluding carboxylic acids is 1. The fourth-order valence-corrected chi connectivity index (χ4v) is 6.35. The van der Waals surface area contributed by atoms with Gasteiger partial charge in [0.15, 0.2) is 0 Å². The van der Waals surface area contributed by atoms with Crippen molar-refractivity contribution in [3.8, 4) is 11.1 Å². The third-order valence-corrected chi connectivity index (χ3v) is 8.72. The minimum Gasteiger partial charge on any atom is -0.465 e. The molecule has 0 fully saturated rings. The van der Waals surface area contributed by atoms with Crippen LogP contribution in [0.2, 0.25) is 5.02 Å². The second-order valence-corrected chi connectivity index (χ2v) is 11.8. The van der Waals surface area contributed by atoms with Crippen molar-refractivity contribution in [3.63, 3.8) is 0 Å². The van der Waals surface area contributed by atoms with E-state index >= 15 is 0 Å². The highest BCUT2D eigenvalue weighted by molar-refractivity contribution is 7.92. The topological polar surface area (TPSA) is 76.6 Å². The van der Waals surface area contributed by atoms with E-state index in [1.54, 1.807) is 18.2 Å². The third-order valence-electron chi connectivity index (χ3n) is 6.72. The van der Waals surface area contributed by atoms with Crippen molar-refractivity contribution in [2.75, 3.05) is 11.4 Å². The van der Waals surface area contributed by atoms with E-state index in [1.807, 2.05) is 68.4 Å². The SMILES string of the molecule is COC(=O)c1ccc(S(=O)(=O)N(Cc2ccc(C)cc2)c2c(-c3ccccc3)c(C)nc3ccc(Cl)cc23)cc1. The number of methoxy groups -OCH3 is 1. The third kappa shape index (κ3) is 5.30. The van der Waals surface area contributed by atoms with E-state index in [0.717, 1.165) is 16.7 Å². The molecule has 0 bridgehead atoms. The molecule has 0 radical (unpaired) electrons. The number of hydrogen-bond donors (Lipinski definition) is 0. The zero-order chi connectivity index (χ0) is 28.4. The molecule has 5 aromatic rings. The summed E-state index contributed by atoms with van der Waals surface area (Å²) in [7, 11) is -2.87. The zero-order valence-corrected chi connectivity index (χ0v) is 23.8. The molecule has 0 aliphatic heterocycles. The van der Waals surface area contributed by atoms with Crippen LogP contribution in [0.15, 0.2) is 102 Å². The average Bonchev–Trinajstić information content (AvgIpc) is 2.96. The molecule has 0 unspecified atom stereocenters. The molecule has 202 valence electrons. The van der Waals surface area contributed by atoms with Gasteiger partial charge in [-0.2, -0.15) is 0 Å². The largest absolute Gasteiger partial charge is 0.465 e. The van der Waals surface area contributed by atoms with Crippen LogP contribution in [0.3, 0.4) is 0 Å². The molecule has 0 aliphatic rings. The standard InChI is InChI=1S/C32H27ClN2O4S/c1-21-9-11-23(12-10-21)20-35(40(37,38)27-16-13-25(14-17-27)32(36)39-3)31-28-19-26(33)15-18-29(28)34-22(2)30(31)24-7-5-4-6-8-24/h4-19H,20H2,1-3H3. The normalized spacial score (nSPS) is 11.4. The van der Waals surface area contributed by atoms with E-state index in [0.29, 0.717) is 32.9 Å². The van der Waals surface area contributed by atoms with Crippen LogP contribution in [-0.2, 0) is 21.3 Å². The zero-order valence-electron chi connectivity index (χ0n) is 22.3. The van der Waals surface area contributed by atoms with Gasteiger partial charge in [-0.3, -0.25) is 9.29 Å². The van der Waals surface area contributed by atoms with Crippen LogP contribution in [0.1, 0.15) is 27.2 Å². The molecule has 0 spiro atoms. The van der Waals surface area contributed by atoms with Gasteiger partial charge >= 0.3 is 5.97 Å². The van der Waals surface area contributed by atoms with Gasteiger partial charge < -0.3 is 4.74 Å². The molecule has 40 heavy (non-hydrogen) atoms. The number of halogens is 1. The molecule has 0 atom stereocenters. The maximum absolute atomic E-state index is 14.5. The van der Waals surface area contributed by atoms with Crippen LogP contribution in [0.4, 0.5) is 5.69 Å². The Morgan fingerprint density at radius 2 is 1.57 bits per heavy atom. The number of fused-ring (bicyclic) bond motifs is 1. The van der Waals surface area contributed by atoms with Crippen molar-refractivity contribution in [2.24, 2.45) is 0 Å². The molecule has 6 nitrogen and oxygen atoms in total. The van der Waals surface area contributed by atoms with Crippen LogP contribution in [-0.4, -0.2) is 26.5 Å². The van der Waals surface area contributed by atoms with Crippen molar-refractivity contribution in [1.29, 1.82) is 0 Å². The number of hydrogen-bond acceptors (Lipinski definition) is 5. The maximum Gasteiger partial charge on any atom is 0.337 e. The van der Waals surface area contributed by atoms with E-state index in [9.17, 15) is 13.2 Å². The Balaban J connectivity index is 1.82. The molecule has 0 saturated carbocycles. The molecule has 4 aromatic carbocycles. The van der Waals surface area contributed by atoms with Crippen molar-refractivity contribution in [3.05, 3.63) is 124 Å². The summed E-state index contributed by atoms with van der Waals surface area (Å²) < 4.78 is 35.3. The first kappa shape index (κ1) is 27.4. The number of carbonyl (C=O) groups is 1. The van der Waals surface area contributed by atoms with E-state index in [-0.39, 0.29) is 17.0 Å². The van der Waals surface area contributed by atoms with Crippen LogP contribution in [0.25, 0.3) is 22.0 Å². The van der Waals surface area contributed by atoms with Gasteiger partial charge in [-0.05, 0) is 67.4 Å². The molecule has 8 heteroatoms. The van der Waals surface area contributed by atoms with E-state index in [4.69, 9.17) is 21.3 Å². The number of sulfonamides is 1. The average molecular weight is 571 g/mol. The molecule has 0 amide bonds. The van der Waals surface area contributed by atoms with Crippen LogP contribution >= 0.6 is 11.6 Å². The number of nitrogens with zero attached hydrogens (tertiary/aromatic N) is 2. The number of pyridine rings is 1. The number of ether oxygens (including phenoxy) is 1. The summed E-state index contributed by atoms with van der Waals surface area (Å²) >= 11 is 6.46. The first-order valence-corrected chi connectivity index (χ1v) is 14.4. The lowest BCUT2D eigenvalue weighted by atomic mass is 9.98. The molecule has 1 heterocycles. The molecule has 0 N–H and O–H groups in total. The Morgan fingerprint density at radius 3 is 2.23 bits per heavy atom. The lowest BCUT2D eigenvalue weighted by molar-refractivity contribution is 0.0600. The smallest absolute Gasteiger partial charge is 0.337 e. The van der Waals surface area contributed by atoms with Gasteiger partial charge in [0.25, 0.3) is 10.0 Å². The molecule has 5 rings (SSSR count). The lowest BCUT2D eigenvalue weighted by Gasteiger charge is -2.29. The van der Waals surface area contributed by atoms with Gasteiger partial charge in [-0.1, -0.05) is 71.8 Å². The highest BCUT2D eigenvalue weighted by Gasteiger charge is 2.31. The number of rotatable bonds is 7. The Hall–Kier alpha value is -4.20. The number of anilines is 1. The Kier molecular flexibility index (Phi) is 7.61. The van der Waals surface area contributed by atoms with E-state index in [2.05, 4.69) is 0 Å². The summed E-state index contributed by atoms with van der Waals surface area (Å²) in [6, 6.07) is 28.4.